The molecule has 258 valence electrons. The minimum absolute atomic E-state index is 0.0300. The maximum Gasteiger partial charge on any atom is 0.326 e. The van der Waals surface area contributed by atoms with Crippen molar-refractivity contribution in [3.05, 3.63) is 65.3 Å². The fraction of sp³-hybridized carbons (Fsp3) is 0.406. The van der Waals surface area contributed by atoms with Crippen molar-refractivity contribution in [2.24, 2.45) is 7.05 Å². The molecular formula is C32H36ClN9O7. The van der Waals surface area contributed by atoms with Crippen LogP contribution < -0.4 is 21.3 Å². The number of aliphatic carboxylic acids is 1. The van der Waals surface area contributed by atoms with Gasteiger partial charge in [-0.2, -0.15) is 0 Å². The molecule has 0 radical (unpaired) electrons. The zero-order valence-corrected chi connectivity index (χ0v) is 27.4. The van der Waals surface area contributed by atoms with E-state index in [-0.39, 0.29) is 55.9 Å². The third-order valence-corrected chi connectivity index (χ3v) is 8.56. The maximum atomic E-state index is 14.2. The number of nitrogens with one attached hydrogen (secondary N) is 4. The largest absolute Gasteiger partial charge is 0.480 e. The molecule has 5 heterocycles. The van der Waals surface area contributed by atoms with Crippen LogP contribution in [0, 0.1) is 0 Å². The van der Waals surface area contributed by atoms with Gasteiger partial charge in [0.1, 0.15) is 29.5 Å². The molecule has 5 amide bonds. The third-order valence-electron chi connectivity index (χ3n) is 8.35. The summed E-state index contributed by atoms with van der Waals surface area (Å²) in [4.78, 5) is 92.7. The van der Waals surface area contributed by atoms with Crippen LogP contribution in [0.25, 0.3) is 11.5 Å². The van der Waals surface area contributed by atoms with Crippen LogP contribution in [0.4, 0.5) is 0 Å². The average Bonchev–Trinajstić information content (AvgIpc) is 3.67. The van der Waals surface area contributed by atoms with Gasteiger partial charge < -0.3 is 35.8 Å². The second-order valence-corrected chi connectivity index (χ2v) is 12.3. The van der Waals surface area contributed by atoms with Crippen LogP contribution in [-0.4, -0.2) is 102 Å². The van der Waals surface area contributed by atoms with Crippen molar-refractivity contribution in [1.82, 2.24) is 45.7 Å². The quantitative estimate of drug-likeness (QED) is 0.243. The number of pyridine rings is 1. The van der Waals surface area contributed by atoms with Gasteiger partial charge in [-0.1, -0.05) is 17.7 Å². The van der Waals surface area contributed by atoms with Crippen molar-refractivity contribution in [1.29, 1.82) is 0 Å². The average molecular weight is 694 g/mol. The highest BCUT2D eigenvalue weighted by Gasteiger charge is 2.43. The molecule has 49 heavy (non-hydrogen) atoms. The van der Waals surface area contributed by atoms with Gasteiger partial charge in [0.15, 0.2) is 5.82 Å². The van der Waals surface area contributed by atoms with Crippen LogP contribution in [0.15, 0.2) is 49.1 Å². The summed E-state index contributed by atoms with van der Waals surface area (Å²) in [6.07, 6.45) is 6.50. The number of hydrogen-bond donors (Lipinski definition) is 5. The highest BCUT2D eigenvalue weighted by Crippen LogP contribution is 2.23. The summed E-state index contributed by atoms with van der Waals surface area (Å²) < 4.78 is 1.54. The Morgan fingerprint density at radius 3 is 2.47 bits per heavy atom. The first-order valence-electron chi connectivity index (χ1n) is 15.8. The van der Waals surface area contributed by atoms with Gasteiger partial charge in [0.25, 0.3) is 11.8 Å². The summed E-state index contributed by atoms with van der Waals surface area (Å²) >= 11 is 6.05. The van der Waals surface area contributed by atoms with Gasteiger partial charge in [-0.05, 0) is 50.3 Å². The molecule has 3 aromatic rings. The molecule has 2 fully saturated rings. The lowest BCUT2D eigenvalue weighted by atomic mass is 10.1. The highest BCUT2D eigenvalue weighted by atomic mass is 35.5. The van der Waals surface area contributed by atoms with Gasteiger partial charge in [0.2, 0.25) is 17.7 Å². The van der Waals surface area contributed by atoms with Crippen LogP contribution in [0.2, 0.25) is 5.02 Å². The molecule has 5 N–H and O–H groups in total. The predicted molar refractivity (Wildman–Crippen MR) is 174 cm³/mol. The van der Waals surface area contributed by atoms with E-state index in [9.17, 15) is 33.9 Å². The van der Waals surface area contributed by atoms with E-state index in [1.807, 2.05) is 0 Å². The summed E-state index contributed by atoms with van der Waals surface area (Å²) in [5.41, 5.74) is 0.858. The second kappa shape index (κ2) is 15.7. The van der Waals surface area contributed by atoms with Crippen molar-refractivity contribution in [3.63, 3.8) is 0 Å². The Kier molecular flexibility index (Phi) is 11.2. The maximum absolute atomic E-state index is 14.2. The molecule has 2 saturated heterocycles. The Morgan fingerprint density at radius 2 is 1.80 bits per heavy atom. The lowest BCUT2D eigenvalue weighted by molar-refractivity contribution is -0.144. The molecule has 0 bridgehead atoms. The molecule has 2 aliphatic rings. The number of rotatable bonds is 6. The minimum Gasteiger partial charge on any atom is -0.480 e. The van der Waals surface area contributed by atoms with Crippen LogP contribution in [0.1, 0.15) is 59.4 Å². The lowest BCUT2D eigenvalue weighted by Gasteiger charge is -2.29. The summed E-state index contributed by atoms with van der Waals surface area (Å²) in [7, 11) is 1.65. The Hall–Kier alpha value is -5.38. The Balaban J connectivity index is 1.39. The number of carboxylic acids is 1. The van der Waals surface area contributed by atoms with Crippen molar-refractivity contribution in [3.8, 4) is 11.5 Å². The summed E-state index contributed by atoms with van der Waals surface area (Å²) in [6, 6.07) is 2.33. The first kappa shape index (κ1) is 34.9. The van der Waals surface area contributed by atoms with Gasteiger partial charge in [-0.15, -0.1) is 0 Å². The van der Waals surface area contributed by atoms with Crippen molar-refractivity contribution in [2.75, 3.05) is 13.1 Å². The number of carboxylic acid groups (broad SMARTS) is 1. The number of fused-ring (bicyclic) bond motifs is 1. The van der Waals surface area contributed by atoms with E-state index in [0.717, 1.165) is 0 Å². The minimum atomic E-state index is -1.40. The summed E-state index contributed by atoms with van der Waals surface area (Å²) in [5.74, 6) is -3.88. The monoisotopic (exact) mass is 693 g/mol. The molecule has 0 unspecified atom stereocenters. The molecule has 0 aromatic carbocycles. The molecule has 4 atom stereocenters. The van der Waals surface area contributed by atoms with Gasteiger partial charge in [-0.3, -0.25) is 29.0 Å². The number of amides is 5. The molecule has 3 aromatic heterocycles. The van der Waals surface area contributed by atoms with Crippen LogP contribution >= 0.6 is 11.6 Å². The molecular weight excluding hydrogens is 658 g/mol. The van der Waals surface area contributed by atoms with E-state index in [1.54, 1.807) is 37.6 Å². The zero-order valence-electron chi connectivity index (χ0n) is 26.6. The van der Waals surface area contributed by atoms with Crippen LogP contribution in [0.3, 0.4) is 0 Å². The van der Waals surface area contributed by atoms with E-state index >= 15 is 0 Å². The number of aryl methyl sites for hydroxylation is 1. The topological polar surface area (TPSA) is 218 Å². The van der Waals surface area contributed by atoms with Crippen molar-refractivity contribution >= 4 is 47.1 Å². The van der Waals surface area contributed by atoms with E-state index in [0.29, 0.717) is 29.4 Å². The number of halogens is 1. The third kappa shape index (κ3) is 8.76. The second-order valence-electron chi connectivity index (χ2n) is 11.9. The molecule has 5 rings (SSSR count). The fourth-order valence-electron chi connectivity index (χ4n) is 5.80. The van der Waals surface area contributed by atoms with E-state index in [2.05, 4.69) is 36.2 Å². The molecule has 17 heteroatoms. The normalized spacial score (nSPS) is 22.2. The van der Waals surface area contributed by atoms with E-state index in [4.69, 9.17) is 11.6 Å². The van der Waals surface area contributed by atoms with E-state index < -0.39 is 53.8 Å². The molecule has 16 nitrogen and oxygen atoms in total. The van der Waals surface area contributed by atoms with Gasteiger partial charge >= 0.3 is 5.97 Å². The van der Waals surface area contributed by atoms with Gasteiger partial charge in [-0.25, -0.2) is 14.8 Å². The fourth-order valence-corrected chi connectivity index (χ4v) is 6.05. The summed E-state index contributed by atoms with van der Waals surface area (Å²) in [6.45, 7) is 0.178. The molecule has 0 spiro atoms. The Morgan fingerprint density at radius 1 is 1.02 bits per heavy atom. The van der Waals surface area contributed by atoms with Crippen molar-refractivity contribution < 1.29 is 33.9 Å². The molecule has 2 aliphatic heterocycles. The Bertz CT molecular complexity index is 1720. The van der Waals surface area contributed by atoms with Crippen LogP contribution in [-0.2, 0) is 26.2 Å². The molecule has 0 saturated carbocycles. The number of carbonyl (C=O) groups is 6. The predicted octanol–water partition coefficient (Wildman–Crippen LogP) is 0.678. The molecule has 0 aliphatic carbocycles. The number of hydrogen-bond acceptors (Lipinski definition) is 9. The number of nitrogens with zero attached hydrogens (tertiary/aromatic N) is 5. The first-order valence-corrected chi connectivity index (χ1v) is 16.2. The highest BCUT2D eigenvalue weighted by molar-refractivity contribution is 6.31. The van der Waals surface area contributed by atoms with Crippen molar-refractivity contribution in [2.45, 2.75) is 62.7 Å². The zero-order chi connectivity index (χ0) is 35.1. The number of carbonyl (C=O) groups excluding carboxylic acids is 5. The lowest BCUT2D eigenvalue weighted by Crippen LogP contribution is -2.55. The smallest absolute Gasteiger partial charge is 0.326 e. The summed E-state index contributed by atoms with van der Waals surface area (Å²) in [5, 5.41) is 20.9. The van der Waals surface area contributed by atoms with Gasteiger partial charge in [0, 0.05) is 57.4 Å². The Labute approximate surface area is 286 Å². The SMILES string of the molecule is Cn1cc(Cl)cc1C(=O)N[C@@H]1C[C@H]2C(=O)N[C@H](C(=O)O)CCC(=O)NCCCC[C@H](NC(=O)c3cnc(-c4ccccn4)nc3)C(=O)N2C1. The van der Waals surface area contributed by atoms with E-state index in [1.165, 1.54) is 27.9 Å². The first-order chi connectivity index (χ1) is 23.5. The standard InChI is InChI=1S/C32H36ClN9O7/c1-41-16-19(33)12-24(41)29(45)38-20-13-25-30(46)40-23(32(48)49)8-9-26(43)35-11-5-3-7-22(31(47)42(25)17-20)39-28(44)18-14-36-27(37-15-18)21-6-2-4-10-34-21/h2,4,6,10,12,14-16,20,22-23,25H,3,5,7-9,11,13,17H2,1H3,(H,35,43)(H,38,45)(H,39,44)(H,40,46)(H,48,49)/t20-,22+,23+,25+/m1/s1. The van der Waals surface area contributed by atoms with Gasteiger partial charge in [0.05, 0.1) is 10.6 Å². The van der Waals surface area contributed by atoms with Crippen LogP contribution in [0.5, 0.6) is 0 Å². The number of aromatic nitrogens is 4.